The molecule has 26 heavy (non-hydrogen) atoms. The van der Waals surface area contributed by atoms with Gasteiger partial charge in [0, 0.05) is 24.2 Å². The van der Waals surface area contributed by atoms with Crippen molar-refractivity contribution in [2.45, 2.75) is 44.7 Å². The Labute approximate surface area is 164 Å². The van der Waals surface area contributed by atoms with Gasteiger partial charge in [-0.25, -0.2) is 0 Å². The second kappa shape index (κ2) is 9.94. The first kappa shape index (κ1) is 20.7. The molecular weight excluding hydrogens is 370 g/mol. The summed E-state index contributed by atoms with van der Waals surface area (Å²) in [4.78, 5) is 12.2. The van der Waals surface area contributed by atoms with Gasteiger partial charge in [-0.3, -0.25) is 4.79 Å². The second-order valence-corrected chi connectivity index (χ2v) is 7.35. The van der Waals surface area contributed by atoms with Gasteiger partial charge in [-0.15, -0.1) is 22.6 Å². The minimum Gasteiger partial charge on any atom is -0.325 e. The highest BCUT2D eigenvalue weighted by Crippen LogP contribution is 2.25. The Balaban J connectivity index is 0.00000243. The van der Waals surface area contributed by atoms with Crippen LogP contribution in [0.4, 0.5) is 5.69 Å². The van der Waals surface area contributed by atoms with E-state index in [0.717, 1.165) is 48.0 Å². The predicted molar refractivity (Wildman–Crippen MR) is 110 cm³/mol. The number of fused-ring (bicyclic) bond motifs is 1. The summed E-state index contributed by atoms with van der Waals surface area (Å²) in [6.45, 7) is 0.952. The summed E-state index contributed by atoms with van der Waals surface area (Å²) in [7, 11) is 0. The van der Waals surface area contributed by atoms with Gasteiger partial charge in [-0.05, 0) is 43.4 Å². The Morgan fingerprint density at radius 1 is 1.35 bits per heavy atom. The van der Waals surface area contributed by atoms with Crippen molar-refractivity contribution in [3.8, 4) is 11.4 Å². The van der Waals surface area contributed by atoms with Gasteiger partial charge in [0.2, 0.25) is 5.91 Å². The lowest BCUT2D eigenvalue weighted by atomic mass is 10.1. The molecule has 1 atom stereocenters. The molecule has 0 radical (unpaired) electrons. The minimum atomic E-state index is -0.486. The first-order valence-electron chi connectivity index (χ1n) is 8.77. The lowest BCUT2D eigenvalue weighted by Crippen LogP contribution is -2.36. The number of thioether (sulfide) groups is 1. The van der Waals surface area contributed by atoms with Gasteiger partial charge in [-0.1, -0.05) is 18.6 Å². The lowest BCUT2D eigenvalue weighted by Gasteiger charge is -2.13. The number of rotatable bonds is 6. The number of nitrogens with zero attached hydrogens (tertiary/aromatic N) is 3. The van der Waals surface area contributed by atoms with E-state index in [1.165, 1.54) is 12.8 Å². The maximum atomic E-state index is 12.2. The van der Waals surface area contributed by atoms with Gasteiger partial charge in [0.25, 0.3) is 0 Å². The molecule has 1 aliphatic heterocycles. The number of hydrogen-bond donors (Lipinski definition) is 2. The minimum absolute atomic E-state index is 0. The number of aryl methyl sites for hydroxylation is 1. The van der Waals surface area contributed by atoms with Crippen LogP contribution in [-0.2, 0) is 17.8 Å². The van der Waals surface area contributed by atoms with E-state index in [2.05, 4.69) is 20.1 Å². The molecule has 3 N–H and O–H groups in total. The summed E-state index contributed by atoms with van der Waals surface area (Å²) in [5, 5.41) is 11.6. The maximum absolute atomic E-state index is 12.2. The molecule has 0 fully saturated rings. The average Bonchev–Trinajstić information content (AvgIpc) is 2.88. The Kier molecular flexibility index (Phi) is 7.93. The monoisotopic (exact) mass is 395 g/mol. The third-order valence-electron chi connectivity index (χ3n) is 4.47. The number of halogens is 1. The highest BCUT2D eigenvalue weighted by atomic mass is 35.5. The molecule has 0 bridgehead atoms. The highest BCUT2D eigenvalue weighted by molar-refractivity contribution is 7.98. The Morgan fingerprint density at radius 2 is 2.19 bits per heavy atom. The highest BCUT2D eigenvalue weighted by Gasteiger charge is 2.17. The molecule has 2 heterocycles. The molecule has 1 aliphatic rings. The molecule has 1 aromatic carbocycles. The molecule has 0 unspecified atom stereocenters. The number of nitrogens with one attached hydrogen (secondary N) is 1. The Morgan fingerprint density at radius 3 is 3.00 bits per heavy atom. The van der Waals surface area contributed by atoms with E-state index in [1.807, 2.05) is 30.5 Å². The van der Waals surface area contributed by atoms with Crippen molar-refractivity contribution in [2.75, 3.05) is 17.3 Å². The molecule has 142 valence electrons. The van der Waals surface area contributed by atoms with Crippen LogP contribution in [0.5, 0.6) is 0 Å². The van der Waals surface area contributed by atoms with E-state index in [0.29, 0.717) is 6.42 Å². The Bertz CT molecular complexity index is 736. The van der Waals surface area contributed by atoms with Crippen molar-refractivity contribution >= 4 is 35.8 Å². The van der Waals surface area contributed by atoms with Crippen LogP contribution in [0.2, 0.25) is 0 Å². The van der Waals surface area contributed by atoms with Crippen LogP contribution in [0.1, 0.15) is 31.5 Å². The molecule has 2 aromatic rings. The summed E-state index contributed by atoms with van der Waals surface area (Å²) >= 11 is 1.69. The fourth-order valence-electron chi connectivity index (χ4n) is 3.05. The van der Waals surface area contributed by atoms with Crippen molar-refractivity contribution < 1.29 is 4.79 Å². The largest absolute Gasteiger partial charge is 0.325 e. The number of carbonyl (C=O) groups is 1. The molecule has 6 nitrogen and oxygen atoms in total. The van der Waals surface area contributed by atoms with E-state index in [-0.39, 0.29) is 18.3 Å². The smallest absolute Gasteiger partial charge is 0.241 e. The first-order valence-corrected chi connectivity index (χ1v) is 10.2. The number of amides is 1. The lowest BCUT2D eigenvalue weighted by molar-refractivity contribution is -0.117. The van der Waals surface area contributed by atoms with Gasteiger partial charge in [0.15, 0.2) is 5.82 Å². The van der Waals surface area contributed by atoms with Crippen LogP contribution in [0.15, 0.2) is 24.3 Å². The molecule has 3 rings (SSSR count). The topological polar surface area (TPSA) is 85.8 Å². The number of aromatic nitrogens is 3. The van der Waals surface area contributed by atoms with Crippen molar-refractivity contribution in [1.29, 1.82) is 0 Å². The van der Waals surface area contributed by atoms with E-state index < -0.39 is 6.04 Å². The summed E-state index contributed by atoms with van der Waals surface area (Å²) in [6, 6.07) is 7.27. The van der Waals surface area contributed by atoms with Crippen LogP contribution in [-0.4, -0.2) is 38.7 Å². The summed E-state index contributed by atoms with van der Waals surface area (Å²) in [6.07, 6.45) is 7.21. The van der Waals surface area contributed by atoms with E-state index >= 15 is 0 Å². The van der Waals surface area contributed by atoms with Crippen LogP contribution in [0.3, 0.4) is 0 Å². The van der Waals surface area contributed by atoms with Gasteiger partial charge in [0.1, 0.15) is 5.82 Å². The zero-order valence-electron chi connectivity index (χ0n) is 15.0. The number of carbonyl (C=O) groups excluding carboxylic acids is 1. The third-order valence-corrected chi connectivity index (χ3v) is 5.11. The fourth-order valence-corrected chi connectivity index (χ4v) is 3.54. The standard InChI is InChI=1S/C18H25N5OS.ClH/c1-25-11-9-15(19)18(24)20-14-7-5-6-13(12-14)17-22-21-16-8-3-2-4-10-23(16)17;/h5-7,12,15H,2-4,8-11,19H2,1H3,(H,20,24);1H/t15-;/m0./s1. The summed E-state index contributed by atoms with van der Waals surface area (Å²) in [5.74, 6) is 2.66. The normalized spacial score (nSPS) is 14.7. The molecule has 1 amide bonds. The third kappa shape index (κ3) is 4.99. The molecule has 0 spiro atoms. The first-order chi connectivity index (χ1) is 12.2. The quantitative estimate of drug-likeness (QED) is 0.784. The number of benzene rings is 1. The molecule has 0 saturated carbocycles. The average molecular weight is 396 g/mol. The molecule has 0 saturated heterocycles. The number of anilines is 1. The number of nitrogens with two attached hydrogens (primary N) is 1. The van der Waals surface area contributed by atoms with E-state index in [9.17, 15) is 4.79 Å². The molecular formula is C18H26ClN5OS. The summed E-state index contributed by atoms with van der Waals surface area (Å²) in [5.41, 5.74) is 7.65. The van der Waals surface area contributed by atoms with E-state index in [4.69, 9.17) is 5.73 Å². The van der Waals surface area contributed by atoms with Crippen LogP contribution in [0.25, 0.3) is 11.4 Å². The molecule has 8 heteroatoms. The number of hydrogen-bond acceptors (Lipinski definition) is 5. The van der Waals surface area contributed by atoms with Crippen molar-refractivity contribution in [1.82, 2.24) is 14.8 Å². The van der Waals surface area contributed by atoms with E-state index in [1.54, 1.807) is 11.8 Å². The molecule has 1 aromatic heterocycles. The zero-order valence-corrected chi connectivity index (χ0v) is 16.6. The zero-order chi connectivity index (χ0) is 17.6. The van der Waals surface area contributed by atoms with Crippen LogP contribution < -0.4 is 11.1 Å². The fraction of sp³-hybridized carbons (Fsp3) is 0.500. The van der Waals surface area contributed by atoms with Crippen molar-refractivity contribution in [2.24, 2.45) is 5.73 Å². The van der Waals surface area contributed by atoms with Gasteiger partial charge < -0.3 is 15.6 Å². The van der Waals surface area contributed by atoms with Gasteiger partial charge in [0.05, 0.1) is 6.04 Å². The second-order valence-electron chi connectivity index (χ2n) is 6.36. The molecule has 0 aliphatic carbocycles. The van der Waals surface area contributed by atoms with Crippen LogP contribution in [0, 0.1) is 0 Å². The summed E-state index contributed by atoms with van der Waals surface area (Å²) < 4.78 is 2.21. The SMILES string of the molecule is CSCC[C@H](N)C(=O)Nc1cccc(-c2nnc3n2CCCCC3)c1.Cl. The van der Waals surface area contributed by atoms with Gasteiger partial charge in [-0.2, -0.15) is 11.8 Å². The van der Waals surface area contributed by atoms with Gasteiger partial charge >= 0.3 is 0 Å². The predicted octanol–water partition coefficient (Wildman–Crippen LogP) is 3.11. The van der Waals surface area contributed by atoms with Crippen molar-refractivity contribution in [3.63, 3.8) is 0 Å². The Hall–Kier alpha value is -1.57. The maximum Gasteiger partial charge on any atom is 0.241 e. The van der Waals surface area contributed by atoms with Crippen LogP contribution >= 0.6 is 24.2 Å². The van der Waals surface area contributed by atoms with Crippen molar-refractivity contribution in [3.05, 3.63) is 30.1 Å².